The van der Waals surface area contributed by atoms with Crippen LogP contribution < -0.4 is 4.90 Å². The molecular weight excluding hydrogens is 759 g/mol. The number of allylic oxidation sites excluding steroid dienone is 2. The highest BCUT2D eigenvalue weighted by Gasteiger charge is 2.61. The highest BCUT2D eigenvalue weighted by molar-refractivity contribution is 5.92. The zero-order valence-electron chi connectivity index (χ0n) is 36.4. The Bertz CT molecular complexity index is 2980. The van der Waals surface area contributed by atoms with E-state index in [1.54, 1.807) is 16.7 Å². The molecule has 0 N–H and O–H groups in total. The zero-order chi connectivity index (χ0) is 41.4. The SMILES string of the molecule is CC1C=C2CC(CCC23c2ccccc2-c2ccc(-c4ccc(N(c5ccccc5)c5ccccc5-c5ccc6c(c5)C5(c7ccccc7-6)C6CC7CC(C6)CC5C7)cc4)cc23)C1. The Hall–Kier alpha value is -5.92. The summed E-state index contributed by atoms with van der Waals surface area (Å²) < 4.78 is 0. The minimum atomic E-state index is -0.00299. The Morgan fingerprint density at radius 3 is 1.78 bits per heavy atom. The molecule has 6 bridgehead atoms. The van der Waals surface area contributed by atoms with E-state index >= 15 is 0 Å². The van der Waals surface area contributed by atoms with Gasteiger partial charge < -0.3 is 4.90 Å². The summed E-state index contributed by atoms with van der Waals surface area (Å²) in [6.07, 6.45) is 14.8. The molecule has 3 unspecified atom stereocenters. The molecule has 7 aromatic carbocycles. The number of rotatable bonds is 5. The van der Waals surface area contributed by atoms with Gasteiger partial charge in [-0.25, -0.2) is 0 Å². The number of benzene rings is 7. The Balaban J connectivity index is 0.867. The van der Waals surface area contributed by atoms with E-state index in [1.807, 2.05) is 0 Å². The van der Waals surface area contributed by atoms with Crippen LogP contribution in [0, 0.1) is 35.5 Å². The molecule has 15 rings (SSSR count). The normalized spacial score (nSPS) is 28.7. The second kappa shape index (κ2) is 13.5. The topological polar surface area (TPSA) is 3.24 Å². The van der Waals surface area contributed by atoms with Gasteiger partial charge in [-0.05, 0) is 197 Å². The largest absolute Gasteiger partial charge is 0.310 e. The van der Waals surface area contributed by atoms with Crippen LogP contribution in [0.2, 0.25) is 0 Å². The predicted molar refractivity (Wildman–Crippen MR) is 261 cm³/mol. The molecule has 0 radical (unpaired) electrons. The van der Waals surface area contributed by atoms with E-state index in [-0.39, 0.29) is 10.8 Å². The average molecular weight is 814 g/mol. The fourth-order valence-electron chi connectivity index (χ4n) is 15.7. The Labute approximate surface area is 373 Å². The van der Waals surface area contributed by atoms with Gasteiger partial charge >= 0.3 is 0 Å². The summed E-state index contributed by atoms with van der Waals surface area (Å²) in [5, 5.41) is 0. The van der Waals surface area contributed by atoms with Crippen LogP contribution in [0.5, 0.6) is 0 Å². The van der Waals surface area contributed by atoms with Gasteiger partial charge in [-0.15, -0.1) is 0 Å². The van der Waals surface area contributed by atoms with Crippen LogP contribution in [0.25, 0.3) is 44.5 Å². The van der Waals surface area contributed by atoms with Crippen molar-refractivity contribution < 1.29 is 0 Å². The van der Waals surface area contributed by atoms with Gasteiger partial charge in [-0.2, -0.15) is 0 Å². The van der Waals surface area contributed by atoms with Crippen LogP contribution in [0.4, 0.5) is 17.1 Å². The van der Waals surface area contributed by atoms with Crippen molar-refractivity contribution >= 4 is 17.1 Å². The first-order valence-corrected chi connectivity index (χ1v) is 24.3. The second-order valence-electron chi connectivity index (χ2n) is 20.9. The van der Waals surface area contributed by atoms with E-state index in [9.17, 15) is 0 Å². The first-order valence-electron chi connectivity index (χ1n) is 24.3. The summed E-state index contributed by atoms with van der Waals surface area (Å²) in [7, 11) is 0. The maximum Gasteiger partial charge on any atom is 0.0540 e. The minimum absolute atomic E-state index is 0.00299. The average Bonchev–Trinajstić information content (AvgIpc) is 3.77. The molecule has 0 amide bonds. The maximum absolute atomic E-state index is 2.65. The molecule has 1 nitrogen and oxygen atoms in total. The Morgan fingerprint density at radius 1 is 0.444 bits per heavy atom. The second-order valence-corrected chi connectivity index (χ2v) is 20.9. The first-order chi connectivity index (χ1) is 31.1. The number of hydrogen-bond donors (Lipinski definition) is 0. The van der Waals surface area contributed by atoms with Gasteiger partial charge in [0.05, 0.1) is 5.69 Å². The van der Waals surface area contributed by atoms with Gasteiger partial charge in [0.2, 0.25) is 0 Å². The van der Waals surface area contributed by atoms with Crippen LogP contribution in [0.3, 0.4) is 0 Å². The smallest absolute Gasteiger partial charge is 0.0540 e. The van der Waals surface area contributed by atoms with Gasteiger partial charge in [0.15, 0.2) is 0 Å². The fourth-order valence-corrected chi connectivity index (χ4v) is 15.7. The molecule has 2 spiro atoms. The molecule has 1 heteroatoms. The van der Waals surface area contributed by atoms with E-state index in [2.05, 4.69) is 182 Å². The summed E-state index contributed by atoms with van der Waals surface area (Å²) in [5.74, 6) is 4.83. The first kappa shape index (κ1) is 36.6. The fraction of sp³-hybridized carbons (Fsp3) is 0.290. The zero-order valence-corrected chi connectivity index (χ0v) is 36.4. The van der Waals surface area contributed by atoms with Crippen molar-refractivity contribution in [3.05, 3.63) is 198 Å². The number of hydrogen-bond acceptors (Lipinski definition) is 1. The lowest BCUT2D eigenvalue weighted by Gasteiger charge is -2.61. The lowest BCUT2D eigenvalue weighted by Crippen LogP contribution is -2.55. The lowest BCUT2D eigenvalue weighted by atomic mass is 9.43. The summed E-state index contributed by atoms with van der Waals surface area (Å²) in [6, 6.07) is 63.4. The van der Waals surface area contributed by atoms with Crippen molar-refractivity contribution in [2.24, 2.45) is 35.5 Å². The van der Waals surface area contributed by atoms with Crippen LogP contribution in [-0.2, 0) is 10.8 Å². The van der Waals surface area contributed by atoms with Gasteiger partial charge in [0, 0.05) is 27.8 Å². The number of anilines is 3. The van der Waals surface area contributed by atoms with Gasteiger partial charge in [-0.1, -0.05) is 140 Å². The minimum Gasteiger partial charge on any atom is -0.310 e. The van der Waals surface area contributed by atoms with E-state index in [0.29, 0.717) is 5.92 Å². The van der Waals surface area contributed by atoms with E-state index in [1.165, 1.54) is 130 Å². The highest BCUT2D eigenvalue weighted by Crippen LogP contribution is 2.70. The van der Waals surface area contributed by atoms with Gasteiger partial charge in [0.1, 0.15) is 0 Å². The molecular formula is C62H55N. The van der Waals surface area contributed by atoms with Gasteiger partial charge in [0.25, 0.3) is 0 Å². The number of nitrogens with zero attached hydrogens (tertiary/aromatic N) is 1. The Kier molecular flexibility index (Phi) is 7.86. The summed E-state index contributed by atoms with van der Waals surface area (Å²) >= 11 is 0. The van der Waals surface area contributed by atoms with Crippen molar-refractivity contribution in [3.63, 3.8) is 0 Å². The molecule has 0 saturated heterocycles. The quantitative estimate of drug-likeness (QED) is 0.157. The lowest BCUT2D eigenvalue weighted by molar-refractivity contribution is -0.0399. The summed E-state index contributed by atoms with van der Waals surface area (Å²) in [4.78, 5) is 2.49. The van der Waals surface area contributed by atoms with Crippen molar-refractivity contribution in [2.75, 3.05) is 4.90 Å². The standard InChI is InChI=1S/C62H55N/c1-39-29-40-27-28-61(46(30-39)32-40)56-16-8-5-14-52(56)54-25-21-44(37-58(54)61)43-19-23-50(24-20-43)63(49-11-3-2-4-12-49)60-18-10-7-13-51(60)45-22-26-55-53-15-6-9-17-57(53)62(59(55)38-45)47-33-41-31-42(35-47)36-48(62)34-41/h2-26,30,37-42,47-48H,27-29,31-36H2,1H3. The van der Waals surface area contributed by atoms with E-state index < -0.39 is 0 Å². The highest BCUT2D eigenvalue weighted by atomic mass is 15.1. The molecule has 3 atom stereocenters. The summed E-state index contributed by atoms with van der Waals surface area (Å²) in [5.41, 5.74) is 22.7. The van der Waals surface area contributed by atoms with Crippen LogP contribution >= 0.6 is 0 Å². The third-order valence-corrected chi connectivity index (χ3v) is 17.8. The molecule has 8 aliphatic rings. The molecule has 0 aliphatic heterocycles. The maximum atomic E-state index is 2.65. The van der Waals surface area contributed by atoms with Crippen molar-refractivity contribution in [1.82, 2.24) is 0 Å². The summed E-state index contributed by atoms with van der Waals surface area (Å²) in [6.45, 7) is 2.44. The molecule has 0 aromatic heterocycles. The monoisotopic (exact) mass is 813 g/mol. The molecule has 7 aromatic rings. The number of para-hydroxylation sites is 2. The predicted octanol–water partition coefficient (Wildman–Crippen LogP) is 16.2. The van der Waals surface area contributed by atoms with Crippen molar-refractivity contribution in [1.29, 1.82) is 0 Å². The third-order valence-electron chi connectivity index (χ3n) is 17.8. The van der Waals surface area contributed by atoms with E-state index in [0.717, 1.165) is 29.6 Å². The van der Waals surface area contributed by atoms with Crippen LogP contribution in [-0.4, -0.2) is 0 Å². The van der Waals surface area contributed by atoms with Gasteiger partial charge in [-0.3, -0.25) is 0 Å². The molecule has 63 heavy (non-hydrogen) atoms. The van der Waals surface area contributed by atoms with E-state index in [4.69, 9.17) is 0 Å². The van der Waals surface area contributed by atoms with Crippen molar-refractivity contribution in [3.8, 4) is 44.5 Å². The Morgan fingerprint density at radius 2 is 1.02 bits per heavy atom. The molecule has 0 heterocycles. The molecule has 5 saturated carbocycles. The third kappa shape index (κ3) is 5.11. The number of fused-ring (bicyclic) bond motifs is 11. The van der Waals surface area contributed by atoms with Crippen molar-refractivity contribution in [2.45, 2.75) is 75.5 Å². The molecule has 308 valence electrons. The van der Waals surface area contributed by atoms with Crippen LogP contribution in [0.1, 0.15) is 87.0 Å². The van der Waals surface area contributed by atoms with Crippen LogP contribution in [0.15, 0.2) is 175 Å². The molecule has 5 fully saturated rings. The molecule has 8 aliphatic carbocycles.